The summed E-state index contributed by atoms with van der Waals surface area (Å²) in [6.45, 7) is 0.913. The summed E-state index contributed by atoms with van der Waals surface area (Å²) in [5.41, 5.74) is 0. The molecule has 0 aromatic carbocycles. The lowest BCUT2D eigenvalue weighted by Crippen LogP contribution is -2.37. The Balaban J connectivity index is 2.23. The highest BCUT2D eigenvalue weighted by Crippen LogP contribution is 2.62. The molecule has 0 radical (unpaired) electrons. The molecule has 0 spiro atoms. The van der Waals surface area contributed by atoms with Gasteiger partial charge in [-0.15, -0.1) is 0 Å². The van der Waals surface area contributed by atoms with E-state index in [1.165, 1.54) is 0 Å². The largest absolute Gasteiger partial charge is 0.346 e. The Kier molecular flexibility index (Phi) is 3.39. The molecule has 4 atom stereocenters. The molecule has 0 aromatic rings. The molecule has 0 bridgehead atoms. The van der Waals surface area contributed by atoms with Crippen LogP contribution in [0, 0.1) is 5.92 Å². The fourth-order valence-electron chi connectivity index (χ4n) is 2.85. The van der Waals surface area contributed by atoms with Crippen molar-refractivity contribution in [2.75, 3.05) is 6.54 Å². The number of hydrogen-bond acceptors (Lipinski definition) is 3. The number of fused-ring (bicyclic) bond motifs is 1. The van der Waals surface area contributed by atoms with Gasteiger partial charge in [0.05, 0.1) is 0 Å². The predicted octanol–water partition coefficient (Wildman–Crippen LogP) is 0.779. The molecule has 4 unspecified atom stereocenters. The molecule has 1 saturated heterocycles. The highest BCUT2D eigenvalue weighted by molar-refractivity contribution is 7.59. The molecule has 3 N–H and O–H groups in total. The molecule has 2 fully saturated rings. The predicted molar refractivity (Wildman–Crippen MR) is 58.9 cm³/mol. The Hall–Kier alpha value is 0.340. The first-order valence-corrected chi connectivity index (χ1v) is 7.97. The molecule has 0 aromatic heterocycles. The van der Waals surface area contributed by atoms with Gasteiger partial charge in [0.1, 0.15) is 4.90 Å². The van der Waals surface area contributed by atoms with Gasteiger partial charge >= 0.3 is 0 Å². The van der Waals surface area contributed by atoms with Crippen LogP contribution < -0.4 is 5.32 Å². The molecule has 1 aliphatic heterocycles. The van der Waals surface area contributed by atoms with Gasteiger partial charge < -0.3 is 15.1 Å². The standard InChI is InChI=1S/C8H17NO4P2/c10-14(11)8(15(12)13)4-6-2-1-3-9-7(6)5-8/h6-7,9,14-15H,1-5H2,(H,10,11)(H,12,13). The van der Waals surface area contributed by atoms with Gasteiger partial charge in [0, 0.05) is 6.04 Å². The van der Waals surface area contributed by atoms with Gasteiger partial charge in [0.25, 0.3) is 0 Å². The molecule has 1 saturated carbocycles. The summed E-state index contributed by atoms with van der Waals surface area (Å²) in [7, 11) is -5.87. The first-order chi connectivity index (χ1) is 7.06. The van der Waals surface area contributed by atoms with Crippen LogP contribution in [-0.4, -0.2) is 27.3 Å². The van der Waals surface area contributed by atoms with Gasteiger partial charge in [-0.2, -0.15) is 0 Å². The number of piperidine rings is 1. The van der Waals surface area contributed by atoms with E-state index in [1.54, 1.807) is 0 Å². The Bertz CT molecular complexity index is 279. The van der Waals surface area contributed by atoms with E-state index in [-0.39, 0.29) is 6.04 Å². The van der Waals surface area contributed by atoms with Crippen LogP contribution in [0.2, 0.25) is 0 Å². The second-order valence-electron chi connectivity index (χ2n) is 4.56. The van der Waals surface area contributed by atoms with E-state index >= 15 is 0 Å². The van der Waals surface area contributed by atoms with Crippen molar-refractivity contribution in [3.05, 3.63) is 0 Å². The summed E-state index contributed by atoms with van der Waals surface area (Å²) in [5, 5.41) is 3.28. The maximum absolute atomic E-state index is 11.3. The maximum Gasteiger partial charge on any atom is 0.204 e. The lowest BCUT2D eigenvalue weighted by molar-refractivity contribution is 0.318. The van der Waals surface area contributed by atoms with Crippen molar-refractivity contribution in [2.24, 2.45) is 5.92 Å². The van der Waals surface area contributed by atoms with Crippen LogP contribution in [0.15, 0.2) is 0 Å². The molecule has 5 nitrogen and oxygen atoms in total. The van der Waals surface area contributed by atoms with Crippen molar-refractivity contribution in [3.8, 4) is 0 Å². The van der Waals surface area contributed by atoms with Crippen molar-refractivity contribution in [1.29, 1.82) is 0 Å². The summed E-state index contributed by atoms with van der Waals surface area (Å²) in [6.07, 6.45) is 2.88. The molecule has 15 heavy (non-hydrogen) atoms. The zero-order valence-electron chi connectivity index (χ0n) is 8.40. The van der Waals surface area contributed by atoms with Crippen LogP contribution in [0.25, 0.3) is 0 Å². The van der Waals surface area contributed by atoms with E-state index in [0.717, 1.165) is 19.4 Å². The van der Waals surface area contributed by atoms with Crippen molar-refractivity contribution >= 4 is 16.1 Å². The molecule has 2 aliphatic rings. The number of nitrogens with one attached hydrogen (secondary N) is 1. The van der Waals surface area contributed by atoms with E-state index in [0.29, 0.717) is 18.8 Å². The third-order valence-corrected chi connectivity index (χ3v) is 7.46. The first-order valence-electron chi connectivity index (χ1n) is 5.26. The minimum absolute atomic E-state index is 0.168. The highest BCUT2D eigenvalue weighted by atomic mass is 31.2. The summed E-state index contributed by atoms with van der Waals surface area (Å²) >= 11 is 0. The minimum atomic E-state index is -2.94. The van der Waals surface area contributed by atoms with Gasteiger partial charge in [-0.05, 0) is 38.1 Å². The molecule has 2 rings (SSSR count). The molecule has 1 heterocycles. The van der Waals surface area contributed by atoms with Crippen molar-refractivity contribution in [1.82, 2.24) is 5.32 Å². The Morgan fingerprint density at radius 3 is 2.40 bits per heavy atom. The highest BCUT2D eigenvalue weighted by Gasteiger charge is 2.52. The minimum Gasteiger partial charge on any atom is -0.346 e. The topological polar surface area (TPSA) is 86.6 Å². The normalized spacial score (nSPS) is 44.7. The second kappa shape index (κ2) is 4.31. The van der Waals surface area contributed by atoms with Crippen LogP contribution in [0.1, 0.15) is 25.7 Å². The first kappa shape index (κ1) is 11.8. The summed E-state index contributed by atoms with van der Waals surface area (Å²) < 4.78 is 22.7. The fraction of sp³-hybridized carbons (Fsp3) is 1.00. The third kappa shape index (κ3) is 1.96. The zero-order valence-corrected chi connectivity index (χ0v) is 10.4. The van der Waals surface area contributed by atoms with Gasteiger partial charge in [-0.1, -0.05) is 0 Å². The van der Waals surface area contributed by atoms with E-state index in [1.807, 2.05) is 0 Å². The van der Waals surface area contributed by atoms with E-state index in [9.17, 15) is 18.9 Å². The molecular formula is C8H17NO4P2. The molecular weight excluding hydrogens is 236 g/mol. The van der Waals surface area contributed by atoms with Gasteiger partial charge in [-0.25, -0.2) is 0 Å². The van der Waals surface area contributed by atoms with Crippen LogP contribution in [0.4, 0.5) is 0 Å². The number of hydrogen-bond donors (Lipinski definition) is 3. The summed E-state index contributed by atoms with van der Waals surface area (Å²) in [4.78, 5) is 17.4. The number of rotatable bonds is 2. The second-order valence-corrected chi connectivity index (χ2v) is 8.20. The fourth-order valence-corrected chi connectivity index (χ4v) is 5.24. The van der Waals surface area contributed by atoms with Crippen LogP contribution >= 0.6 is 16.1 Å². The monoisotopic (exact) mass is 253 g/mol. The quantitative estimate of drug-likeness (QED) is 0.633. The zero-order chi connectivity index (χ0) is 11.1. The van der Waals surface area contributed by atoms with E-state index < -0.39 is 21.0 Å². The third-order valence-electron chi connectivity index (χ3n) is 3.73. The SMILES string of the molecule is O=[PH](O)C1([PH](=O)O)CC2CCCNC2C1. The Labute approximate surface area is 90.0 Å². The van der Waals surface area contributed by atoms with E-state index in [2.05, 4.69) is 5.32 Å². The average molecular weight is 253 g/mol. The molecule has 1 aliphatic carbocycles. The molecule has 88 valence electrons. The smallest absolute Gasteiger partial charge is 0.204 e. The van der Waals surface area contributed by atoms with Gasteiger partial charge in [0.2, 0.25) is 16.1 Å². The van der Waals surface area contributed by atoms with Gasteiger partial charge in [0.15, 0.2) is 0 Å². The lowest BCUT2D eigenvalue weighted by Gasteiger charge is -2.25. The van der Waals surface area contributed by atoms with Crippen LogP contribution in [0.3, 0.4) is 0 Å². The van der Waals surface area contributed by atoms with Crippen molar-refractivity contribution in [3.63, 3.8) is 0 Å². The van der Waals surface area contributed by atoms with Crippen LogP contribution in [0.5, 0.6) is 0 Å². The summed E-state index contributed by atoms with van der Waals surface area (Å²) in [6, 6.07) is 0.168. The van der Waals surface area contributed by atoms with Gasteiger partial charge in [-0.3, -0.25) is 9.13 Å². The van der Waals surface area contributed by atoms with E-state index in [4.69, 9.17) is 0 Å². The Morgan fingerprint density at radius 1 is 1.20 bits per heavy atom. The van der Waals surface area contributed by atoms with Crippen LogP contribution in [-0.2, 0) is 9.13 Å². The Morgan fingerprint density at radius 2 is 1.87 bits per heavy atom. The average Bonchev–Trinajstić information content (AvgIpc) is 2.57. The molecule has 7 heteroatoms. The van der Waals surface area contributed by atoms with Crippen molar-refractivity contribution in [2.45, 2.75) is 36.6 Å². The maximum atomic E-state index is 11.3. The van der Waals surface area contributed by atoms with Crippen molar-refractivity contribution < 1.29 is 18.9 Å². The lowest BCUT2D eigenvalue weighted by atomic mass is 9.94. The molecule has 0 amide bonds. The summed E-state index contributed by atoms with van der Waals surface area (Å²) in [5.74, 6) is 0.306.